The Morgan fingerprint density at radius 3 is 2.36 bits per heavy atom. The molecule has 2 atom stereocenters. The molecule has 3 aromatic rings. The monoisotopic (exact) mass is 484 g/mol. The van der Waals surface area contributed by atoms with Crippen LogP contribution in [0.5, 0.6) is 0 Å². The Hall–Kier alpha value is -3.26. The van der Waals surface area contributed by atoms with Gasteiger partial charge in [-0.05, 0) is 28.0 Å². The van der Waals surface area contributed by atoms with Crippen molar-refractivity contribution in [2.75, 3.05) is 38.2 Å². The maximum Gasteiger partial charge on any atom is 0.278 e. The van der Waals surface area contributed by atoms with Crippen LogP contribution in [0.4, 0.5) is 5.69 Å². The van der Waals surface area contributed by atoms with E-state index in [9.17, 15) is 14.7 Å². The van der Waals surface area contributed by atoms with Crippen molar-refractivity contribution in [3.05, 3.63) is 77.4 Å². The predicted octanol–water partition coefficient (Wildman–Crippen LogP) is 3.08. The number of nitrogens with one attached hydrogen (secondary N) is 1. The summed E-state index contributed by atoms with van der Waals surface area (Å²) in [7, 11) is 1.51. The molecule has 0 aromatic heterocycles. The summed E-state index contributed by atoms with van der Waals surface area (Å²) in [6, 6.07) is 20.7. The van der Waals surface area contributed by atoms with Crippen LogP contribution in [0.3, 0.4) is 0 Å². The fraction of sp³-hybridized carbons (Fsp3) is 0.379. The number of aliphatic hydroxyl groups is 1. The van der Waals surface area contributed by atoms with Crippen molar-refractivity contribution in [2.24, 2.45) is 0 Å². The van der Waals surface area contributed by atoms with Gasteiger partial charge in [-0.1, -0.05) is 68.4 Å². The first-order valence-electron chi connectivity index (χ1n) is 12.7. The number of benzene rings is 3. The smallest absolute Gasteiger partial charge is 0.278 e. The van der Waals surface area contributed by atoms with E-state index in [-0.39, 0.29) is 23.8 Å². The molecule has 36 heavy (non-hydrogen) atoms. The van der Waals surface area contributed by atoms with Crippen molar-refractivity contribution < 1.29 is 14.7 Å². The number of anilines is 1. The van der Waals surface area contributed by atoms with Gasteiger partial charge < -0.3 is 10.4 Å². The highest BCUT2D eigenvalue weighted by molar-refractivity contribution is 6.08. The maximum atomic E-state index is 13.6. The zero-order valence-electron chi connectivity index (χ0n) is 21.0. The molecular formula is C29H32N4O3. The number of nitrogens with zero attached hydrogens (tertiary/aromatic N) is 3. The van der Waals surface area contributed by atoms with Crippen molar-refractivity contribution in [1.82, 2.24) is 15.2 Å². The number of hydrogen-bond acceptors (Lipinski definition) is 5. The third-order valence-corrected chi connectivity index (χ3v) is 8.37. The van der Waals surface area contributed by atoms with Gasteiger partial charge in [-0.15, -0.1) is 0 Å². The van der Waals surface area contributed by atoms with Crippen molar-refractivity contribution in [3.8, 4) is 0 Å². The average molecular weight is 485 g/mol. The van der Waals surface area contributed by atoms with Crippen LogP contribution in [0, 0.1) is 0 Å². The molecule has 3 aliphatic rings. The van der Waals surface area contributed by atoms with E-state index in [1.165, 1.54) is 28.9 Å². The molecule has 2 aliphatic heterocycles. The molecule has 7 nitrogen and oxygen atoms in total. The zero-order chi connectivity index (χ0) is 25.2. The van der Waals surface area contributed by atoms with Gasteiger partial charge in [-0.2, -0.15) is 0 Å². The van der Waals surface area contributed by atoms with Gasteiger partial charge in [0.2, 0.25) is 5.91 Å². The summed E-state index contributed by atoms with van der Waals surface area (Å²) >= 11 is 0. The topological polar surface area (TPSA) is 76.1 Å². The van der Waals surface area contributed by atoms with E-state index < -0.39 is 11.5 Å². The summed E-state index contributed by atoms with van der Waals surface area (Å²) in [5, 5.41) is 20.2. The highest BCUT2D eigenvalue weighted by Crippen LogP contribution is 2.52. The molecule has 2 N–H and O–H groups in total. The third-order valence-electron chi connectivity index (χ3n) is 8.37. The van der Waals surface area contributed by atoms with Crippen molar-refractivity contribution >= 4 is 28.3 Å². The molecule has 186 valence electrons. The summed E-state index contributed by atoms with van der Waals surface area (Å²) in [6.45, 7) is 7.54. The van der Waals surface area contributed by atoms with E-state index in [0.717, 1.165) is 13.1 Å². The van der Waals surface area contributed by atoms with Gasteiger partial charge in [-0.3, -0.25) is 14.5 Å². The number of rotatable bonds is 4. The second-order valence-electron chi connectivity index (χ2n) is 10.7. The number of hydrogen-bond donors (Lipinski definition) is 2. The summed E-state index contributed by atoms with van der Waals surface area (Å²) in [5.41, 5.74) is 2.02. The lowest BCUT2D eigenvalue weighted by molar-refractivity contribution is -0.145. The molecule has 6 rings (SSSR count). The molecular weight excluding hydrogens is 452 g/mol. The lowest BCUT2D eigenvalue weighted by Crippen LogP contribution is -2.58. The number of para-hydroxylation sites is 1. The van der Waals surface area contributed by atoms with E-state index >= 15 is 0 Å². The fourth-order valence-corrected chi connectivity index (χ4v) is 6.67. The third kappa shape index (κ3) is 3.16. The van der Waals surface area contributed by atoms with Crippen LogP contribution < -0.4 is 10.3 Å². The SMILES string of the molecule is CNC(=O)CC1(O)C(=O)N(N2CCN(C3c4cccc5cccc(c45)C3(C)C)CC2)c2ccccc21. The van der Waals surface area contributed by atoms with E-state index in [4.69, 9.17) is 0 Å². The Labute approximate surface area is 211 Å². The number of hydrazine groups is 1. The van der Waals surface area contributed by atoms with E-state index in [1.807, 2.05) is 17.1 Å². The van der Waals surface area contributed by atoms with Crippen LogP contribution in [-0.2, 0) is 20.6 Å². The normalized spacial score (nSPS) is 25.4. The standard InChI is InChI=1S/C29H32N4O3/c1-28(2)22-12-7-9-19-8-6-10-20(25(19)22)26(28)31-14-16-32(17-15-31)33-23-13-5-4-11-21(23)29(36,27(33)35)18-24(34)30-3/h4-13,26,36H,14-18H2,1-3H3,(H,30,34). The van der Waals surface area contributed by atoms with Gasteiger partial charge in [0, 0.05) is 50.2 Å². The molecule has 2 heterocycles. The molecule has 0 radical (unpaired) electrons. The Balaban J connectivity index is 1.27. The van der Waals surface area contributed by atoms with Crippen LogP contribution in [0.15, 0.2) is 60.7 Å². The van der Waals surface area contributed by atoms with Crippen molar-refractivity contribution in [1.29, 1.82) is 0 Å². The van der Waals surface area contributed by atoms with Crippen molar-refractivity contribution in [2.45, 2.75) is 37.3 Å². The van der Waals surface area contributed by atoms with Crippen molar-refractivity contribution in [3.63, 3.8) is 0 Å². The summed E-state index contributed by atoms with van der Waals surface area (Å²) in [4.78, 5) is 28.3. The van der Waals surface area contributed by atoms with Crippen LogP contribution in [0.2, 0.25) is 0 Å². The fourth-order valence-electron chi connectivity index (χ4n) is 6.67. The minimum Gasteiger partial charge on any atom is -0.375 e. The average Bonchev–Trinajstić information content (AvgIpc) is 3.25. The van der Waals surface area contributed by atoms with Gasteiger partial charge in [0.05, 0.1) is 12.1 Å². The Bertz CT molecular complexity index is 1370. The molecule has 0 saturated carbocycles. The van der Waals surface area contributed by atoms with Gasteiger partial charge in [0.15, 0.2) is 5.60 Å². The first-order valence-corrected chi connectivity index (χ1v) is 12.7. The highest BCUT2D eigenvalue weighted by Gasteiger charge is 2.53. The molecule has 0 bridgehead atoms. The molecule has 1 fully saturated rings. The zero-order valence-corrected chi connectivity index (χ0v) is 21.0. The molecule has 2 unspecified atom stereocenters. The van der Waals surface area contributed by atoms with Crippen LogP contribution in [-0.4, -0.2) is 60.1 Å². The first kappa shape index (κ1) is 23.2. The van der Waals surface area contributed by atoms with Crippen LogP contribution in [0.25, 0.3) is 10.8 Å². The quantitative estimate of drug-likeness (QED) is 0.595. The highest BCUT2D eigenvalue weighted by atomic mass is 16.3. The number of amides is 2. The van der Waals surface area contributed by atoms with Gasteiger partial charge >= 0.3 is 0 Å². The summed E-state index contributed by atoms with van der Waals surface area (Å²) in [6.07, 6.45) is -0.297. The van der Waals surface area contributed by atoms with Gasteiger partial charge in [0.25, 0.3) is 5.91 Å². The second-order valence-corrected chi connectivity index (χ2v) is 10.7. The number of carbonyl (C=O) groups is 2. The maximum absolute atomic E-state index is 13.6. The van der Waals surface area contributed by atoms with E-state index in [0.29, 0.717) is 24.3 Å². The van der Waals surface area contributed by atoms with Crippen LogP contribution >= 0.6 is 0 Å². The largest absolute Gasteiger partial charge is 0.375 e. The molecule has 0 spiro atoms. The molecule has 2 amide bonds. The van der Waals surface area contributed by atoms with Gasteiger partial charge in [0.1, 0.15) is 0 Å². The van der Waals surface area contributed by atoms with E-state index in [1.54, 1.807) is 17.1 Å². The predicted molar refractivity (Wildman–Crippen MR) is 139 cm³/mol. The summed E-state index contributed by atoms with van der Waals surface area (Å²) < 4.78 is 0. The minimum absolute atomic E-state index is 0.0325. The summed E-state index contributed by atoms with van der Waals surface area (Å²) in [5.74, 6) is -0.830. The molecule has 7 heteroatoms. The lowest BCUT2D eigenvalue weighted by atomic mass is 9.80. The lowest BCUT2D eigenvalue weighted by Gasteiger charge is -2.45. The van der Waals surface area contributed by atoms with Crippen LogP contribution in [0.1, 0.15) is 43.0 Å². The van der Waals surface area contributed by atoms with Gasteiger partial charge in [-0.25, -0.2) is 10.0 Å². The Morgan fingerprint density at radius 2 is 1.64 bits per heavy atom. The molecule has 1 aliphatic carbocycles. The van der Waals surface area contributed by atoms with E-state index in [2.05, 4.69) is 60.5 Å². The number of carbonyl (C=O) groups excluding carboxylic acids is 2. The Morgan fingerprint density at radius 1 is 0.972 bits per heavy atom. The Kier molecular flexibility index (Phi) is 5.23. The molecule has 1 saturated heterocycles. The molecule has 3 aromatic carbocycles. The number of piperazine rings is 1. The minimum atomic E-state index is -1.86. The number of fused-ring (bicyclic) bond motifs is 1. The first-order chi connectivity index (χ1) is 17.3. The second kappa shape index (κ2) is 8.13.